The Morgan fingerprint density at radius 1 is 1.42 bits per heavy atom. The fourth-order valence-corrected chi connectivity index (χ4v) is 2.97. The van der Waals surface area contributed by atoms with E-state index in [0.717, 1.165) is 42.9 Å². The Hall–Kier alpha value is -1.13. The lowest BCUT2D eigenvalue weighted by Gasteiger charge is -2.37. The van der Waals surface area contributed by atoms with Crippen molar-refractivity contribution in [3.05, 3.63) is 24.3 Å². The van der Waals surface area contributed by atoms with Gasteiger partial charge in [-0.15, -0.1) is 11.6 Å². The number of aromatic nitrogens is 3. The molecule has 4 nitrogen and oxygen atoms in total. The summed E-state index contributed by atoms with van der Waals surface area (Å²) in [5.74, 6) is 0.925. The van der Waals surface area contributed by atoms with E-state index >= 15 is 0 Å². The lowest BCUT2D eigenvalue weighted by atomic mass is 9.91. The average molecular weight is 280 g/mol. The van der Waals surface area contributed by atoms with Crippen molar-refractivity contribution in [3.8, 4) is 0 Å². The average Bonchev–Trinajstić information content (AvgIpc) is 2.79. The first-order valence-electron chi connectivity index (χ1n) is 6.66. The Kier molecular flexibility index (Phi) is 3.23. The highest BCUT2D eigenvalue weighted by molar-refractivity contribution is 6.20. The van der Waals surface area contributed by atoms with Crippen LogP contribution in [0.4, 0.5) is 0 Å². The molecule has 0 saturated carbocycles. The number of rotatable bonds is 2. The highest BCUT2D eigenvalue weighted by atomic mass is 35.5. The number of alkyl halides is 1. The number of hydrogen-bond donors (Lipinski definition) is 0. The second kappa shape index (κ2) is 4.76. The molecule has 1 aliphatic heterocycles. The standard InChI is InChI=1S/C14H18ClN3O/c1-10(15)13-17-11-9-16-6-3-12(11)18(13)14(2)4-7-19-8-5-14/h3,6,9-10H,4-5,7-8H2,1-2H3. The van der Waals surface area contributed by atoms with Crippen LogP contribution >= 0.6 is 11.6 Å². The van der Waals surface area contributed by atoms with Gasteiger partial charge in [0.05, 0.1) is 17.1 Å². The zero-order chi connectivity index (χ0) is 13.5. The molecule has 1 saturated heterocycles. The summed E-state index contributed by atoms with van der Waals surface area (Å²) in [6, 6.07) is 2.02. The van der Waals surface area contributed by atoms with Gasteiger partial charge in [-0.3, -0.25) is 4.98 Å². The van der Waals surface area contributed by atoms with Crippen molar-refractivity contribution in [2.75, 3.05) is 13.2 Å². The third-order valence-electron chi connectivity index (χ3n) is 3.95. The van der Waals surface area contributed by atoms with Gasteiger partial charge in [0.1, 0.15) is 11.3 Å². The number of imidazole rings is 1. The van der Waals surface area contributed by atoms with E-state index in [0.29, 0.717) is 0 Å². The zero-order valence-electron chi connectivity index (χ0n) is 11.3. The summed E-state index contributed by atoms with van der Waals surface area (Å²) >= 11 is 6.33. The number of fused-ring (bicyclic) bond motifs is 1. The van der Waals surface area contributed by atoms with E-state index in [2.05, 4.69) is 21.5 Å². The second-order valence-electron chi connectivity index (χ2n) is 5.40. The summed E-state index contributed by atoms with van der Waals surface area (Å²) in [4.78, 5) is 8.81. The quantitative estimate of drug-likeness (QED) is 0.792. The Bertz CT molecular complexity index is 587. The predicted molar refractivity (Wildman–Crippen MR) is 75.5 cm³/mol. The molecule has 0 N–H and O–H groups in total. The fourth-order valence-electron chi connectivity index (χ4n) is 2.82. The molecule has 1 aliphatic rings. The van der Waals surface area contributed by atoms with E-state index in [4.69, 9.17) is 16.3 Å². The van der Waals surface area contributed by atoms with E-state index in [-0.39, 0.29) is 10.9 Å². The summed E-state index contributed by atoms with van der Waals surface area (Å²) in [6.45, 7) is 5.81. The molecule has 19 heavy (non-hydrogen) atoms. The van der Waals surface area contributed by atoms with Crippen LogP contribution in [0.5, 0.6) is 0 Å². The van der Waals surface area contributed by atoms with Crippen molar-refractivity contribution in [1.29, 1.82) is 0 Å². The maximum absolute atomic E-state index is 6.33. The van der Waals surface area contributed by atoms with E-state index in [9.17, 15) is 0 Å². The second-order valence-corrected chi connectivity index (χ2v) is 6.05. The van der Waals surface area contributed by atoms with Crippen LogP contribution in [0.2, 0.25) is 0 Å². The van der Waals surface area contributed by atoms with Gasteiger partial charge in [0.25, 0.3) is 0 Å². The molecule has 3 heterocycles. The molecular weight excluding hydrogens is 262 g/mol. The largest absolute Gasteiger partial charge is 0.381 e. The Morgan fingerprint density at radius 3 is 2.84 bits per heavy atom. The zero-order valence-corrected chi connectivity index (χ0v) is 12.0. The van der Waals surface area contributed by atoms with Crippen molar-refractivity contribution in [3.63, 3.8) is 0 Å². The van der Waals surface area contributed by atoms with Gasteiger partial charge in [-0.25, -0.2) is 4.98 Å². The molecule has 0 amide bonds. The Balaban J connectivity index is 2.22. The number of pyridine rings is 1. The molecule has 0 spiro atoms. The fraction of sp³-hybridized carbons (Fsp3) is 0.571. The Morgan fingerprint density at radius 2 is 2.16 bits per heavy atom. The van der Waals surface area contributed by atoms with E-state index in [1.165, 1.54) is 0 Å². The smallest absolute Gasteiger partial charge is 0.128 e. The van der Waals surface area contributed by atoms with Gasteiger partial charge in [-0.2, -0.15) is 0 Å². The van der Waals surface area contributed by atoms with Crippen LogP contribution in [0.15, 0.2) is 18.5 Å². The molecule has 2 aromatic heterocycles. The molecule has 1 fully saturated rings. The topological polar surface area (TPSA) is 39.9 Å². The van der Waals surface area contributed by atoms with Gasteiger partial charge in [-0.1, -0.05) is 0 Å². The normalized spacial score (nSPS) is 20.6. The van der Waals surface area contributed by atoms with Crippen LogP contribution < -0.4 is 0 Å². The molecule has 5 heteroatoms. The van der Waals surface area contributed by atoms with E-state index < -0.39 is 0 Å². The van der Waals surface area contributed by atoms with Gasteiger partial charge < -0.3 is 9.30 Å². The number of nitrogens with zero attached hydrogens (tertiary/aromatic N) is 3. The molecule has 0 aliphatic carbocycles. The lowest BCUT2D eigenvalue weighted by Crippen LogP contribution is -2.37. The van der Waals surface area contributed by atoms with Gasteiger partial charge in [0.2, 0.25) is 0 Å². The Labute approximate surface area is 117 Å². The van der Waals surface area contributed by atoms with Gasteiger partial charge in [0, 0.05) is 24.9 Å². The van der Waals surface area contributed by atoms with Crippen LogP contribution in [-0.2, 0) is 10.3 Å². The summed E-state index contributed by atoms with van der Waals surface area (Å²) in [6.07, 6.45) is 5.58. The van der Waals surface area contributed by atoms with Crippen LogP contribution in [0.1, 0.15) is 37.9 Å². The summed E-state index contributed by atoms with van der Waals surface area (Å²) in [7, 11) is 0. The minimum atomic E-state index is -0.118. The van der Waals surface area contributed by atoms with Crippen molar-refractivity contribution in [2.24, 2.45) is 0 Å². The van der Waals surface area contributed by atoms with E-state index in [1.54, 1.807) is 6.20 Å². The molecule has 3 rings (SSSR count). The van der Waals surface area contributed by atoms with Crippen LogP contribution in [-0.4, -0.2) is 27.7 Å². The van der Waals surface area contributed by atoms with Gasteiger partial charge in [0.15, 0.2) is 0 Å². The molecule has 0 bridgehead atoms. The maximum Gasteiger partial charge on any atom is 0.128 e. The summed E-state index contributed by atoms with van der Waals surface area (Å²) in [5.41, 5.74) is 2.05. The first-order valence-corrected chi connectivity index (χ1v) is 7.10. The van der Waals surface area contributed by atoms with Gasteiger partial charge >= 0.3 is 0 Å². The molecule has 1 unspecified atom stereocenters. The first-order chi connectivity index (χ1) is 9.12. The molecule has 1 atom stereocenters. The van der Waals surface area contributed by atoms with Gasteiger partial charge in [-0.05, 0) is 32.8 Å². The van der Waals surface area contributed by atoms with Crippen molar-refractivity contribution in [1.82, 2.24) is 14.5 Å². The predicted octanol–water partition coefficient (Wildman–Crippen LogP) is 3.26. The number of halogens is 1. The van der Waals surface area contributed by atoms with Crippen molar-refractivity contribution in [2.45, 2.75) is 37.6 Å². The maximum atomic E-state index is 6.33. The third kappa shape index (κ3) is 2.13. The SMILES string of the molecule is CC(Cl)c1nc2cnccc2n1C1(C)CCOCC1. The van der Waals surface area contributed by atoms with Crippen LogP contribution in [0.3, 0.4) is 0 Å². The monoisotopic (exact) mass is 279 g/mol. The van der Waals surface area contributed by atoms with Crippen molar-refractivity contribution >= 4 is 22.6 Å². The highest BCUT2D eigenvalue weighted by Gasteiger charge is 2.33. The molecule has 0 aromatic carbocycles. The van der Waals surface area contributed by atoms with Crippen LogP contribution in [0, 0.1) is 0 Å². The lowest BCUT2D eigenvalue weighted by molar-refractivity contribution is 0.0300. The minimum absolute atomic E-state index is 0.0207. The summed E-state index contributed by atoms with van der Waals surface area (Å²) in [5, 5.41) is -0.118. The van der Waals surface area contributed by atoms with Crippen LogP contribution in [0.25, 0.3) is 11.0 Å². The molecule has 102 valence electrons. The molecule has 0 radical (unpaired) electrons. The summed E-state index contributed by atoms with van der Waals surface area (Å²) < 4.78 is 7.79. The number of hydrogen-bond acceptors (Lipinski definition) is 3. The minimum Gasteiger partial charge on any atom is -0.381 e. The first kappa shape index (κ1) is 12.9. The molecular formula is C14H18ClN3O. The van der Waals surface area contributed by atoms with E-state index in [1.807, 2.05) is 19.2 Å². The van der Waals surface area contributed by atoms with Crippen molar-refractivity contribution < 1.29 is 4.74 Å². The molecule has 2 aromatic rings. The number of ether oxygens (including phenoxy) is 1. The third-order valence-corrected chi connectivity index (χ3v) is 4.14. The highest BCUT2D eigenvalue weighted by Crippen LogP contribution is 2.36.